The van der Waals surface area contributed by atoms with Crippen LogP contribution >= 0.6 is 24.0 Å². The summed E-state index contributed by atoms with van der Waals surface area (Å²) >= 11 is 6.79. The van der Waals surface area contributed by atoms with Gasteiger partial charge in [-0.3, -0.25) is 14.5 Å². The summed E-state index contributed by atoms with van der Waals surface area (Å²) in [6.45, 7) is 10.1. The van der Waals surface area contributed by atoms with Crippen molar-refractivity contribution in [1.29, 1.82) is 0 Å². The molecule has 1 N–H and O–H groups in total. The van der Waals surface area contributed by atoms with Gasteiger partial charge in [-0.1, -0.05) is 42.2 Å². The quantitative estimate of drug-likeness (QED) is 0.249. The molecule has 3 aromatic rings. The SMILES string of the molecule is CCOc1cc(/C=C2\SC(=S)N(c3ccc(C)c(C)c3)C2=O)ccc1OCC(=O)Nc1cc(C)cc(C)c1. The van der Waals surface area contributed by atoms with Gasteiger partial charge in [-0.2, -0.15) is 0 Å². The number of hydrogen-bond acceptors (Lipinski definition) is 6. The molecule has 0 aliphatic carbocycles. The molecule has 1 saturated heterocycles. The van der Waals surface area contributed by atoms with E-state index in [1.165, 1.54) is 11.8 Å². The van der Waals surface area contributed by atoms with E-state index in [9.17, 15) is 9.59 Å². The van der Waals surface area contributed by atoms with Crippen LogP contribution in [-0.4, -0.2) is 29.3 Å². The lowest BCUT2D eigenvalue weighted by molar-refractivity contribution is -0.118. The second-order valence-electron chi connectivity index (χ2n) is 9.14. The molecular formula is C30H30N2O4S2. The molecule has 0 spiro atoms. The molecule has 6 nitrogen and oxygen atoms in total. The molecule has 3 aromatic carbocycles. The Balaban J connectivity index is 1.48. The van der Waals surface area contributed by atoms with Gasteiger partial charge in [0.05, 0.1) is 17.2 Å². The Bertz CT molecular complexity index is 1430. The van der Waals surface area contributed by atoms with Crippen molar-refractivity contribution < 1.29 is 19.1 Å². The molecular weight excluding hydrogens is 516 g/mol. The Labute approximate surface area is 233 Å². The highest BCUT2D eigenvalue weighted by atomic mass is 32.2. The molecule has 1 aliphatic rings. The number of ether oxygens (including phenoxy) is 2. The van der Waals surface area contributed by atoms with Crippen LogP contribution in [0.5, 0.6) is 11.5 Å². The van der Waals surface area contributed by atoms with E-state index >= 15 is 0 Å². The number of benzene rings is 3. The van der Waals surface area contributed by atoms with E-state index in [2.05, 4.69) is 5.32 Å². The first-order valence-electron chi connectivity index (χ1n) is 12.3. The second-order valence-corrected chi connectivity index (χ2v) is 10.8. The zero-order valence-corrected chi connectivity index (χ0v) is 23.7. The topological polar surface area (TPSA) is 67.9 Å². The highest BCUT2D eigenvalue weighted by Crippen LogP contribution is 2.37. The molecule has 0 unspecified atom stereocenters. The summed E-state index contributed by atoms with van der Waals surface area (Å²) in [5.74, 6) is 0.508. The van der Waals surface area contributed by atoms with Crippen molar-refractivity contribution in [2.45, 2.75) is 34.6 Å². The van der Waals surface area contributed by atoms with E-state index in [4.69, 9.17) is 21.7 Å². The van der Waals surface area contributed by atoms with Gasteiger partial charge in [-0.05, 0) is 105 Å². The lowest BCUT2D eigenvalue weighted by atomic mass is 10.1. The molecule has 1 fully saturated rings. The summed E-state index contributed by atoms with van der Waals surface area (Å²) in [6, 6.07) is 17.1. The van der Waals surface area contributed by atoms with Crippen LogP contribution in [0.15, 0.2) is 59.5 Å². The molecule has 8 heteroatoms. The summed E-state index contributed by atoms with van der Waals surface area (Å²) in [7, 11) is 0. The average Bonchev–Trinajstić information content (AvgIpc) is 3.12. The molecule has 0 aromatic heterocycles. The minimum absolute atomic E-state index is 0.162. The maximum atomic E-state index is 13.2. The van der Waals surface area contributed by atoms with Gasteiger partial charge >= 0.3 is 0 Å². The number of nitrogens with zero attached hydrogens (tertiary/aromatic N) is 1. The normalized spacial score (nSPS) is 14.2. The van der Waals surface area contributed by atoms with Gasteiger partial charge in [0.25, 0.3) is 11.8 Å². The van der Waals surface area contributed by atoms with E-state index in [1.54, 1.807) is 23.1 Å². The minimum atomic E-state index is -0.267. The van der Waals surface area contributed by atoms with Gasteiger partial charge in [0.15, 0.2) is 22.4 Å². The third-order valence-electron chi connectivity index (χ3n) is 5.97. The Hall–Kier alpha value is -3.62. The number of carbonyl (C=O) groups is 2. The summed E-state index contributed by atoms with van der Waals surface area (Å²) in [5.41, 5.74) is 6.65. The lowest BCUT2D eigenvalue weighted by Crippen LogP contribution is -2.27. The molecule has 2 amide bonds. The van der Waals surface area contributed by atoms with E-state index < -0.39 is 0 Å². The largest absolute Gasteiger partial charge is 0.490 e. The molecule has 0 bridgehead atoms. The molecule has 1 heterocycles. The number of hydrogen-bond donors (Lipinski definition) is 1. The van der Waals surface area contributed by atoms with Crippen LogP contribution in [0.1, 0.15) is 34.7 Å². The van der Waals surface area contributed by atoms with Gasteiger partial charge in [0, 0.05) is 5.69 Å². The van der Waals surface area contributed by atoms with Crippen molar-refractivity contribution >= 4 is 57.6 Å². The van der Waals surface area contributed by atoms with Crippen molar-refractivity contribution in [2.75, 3.05) is 23.4 Å². The highest BCUT2D eigenvalue weighted by Gasteiger charge is 2.33. The van der Waals surface area contributed by atoms with Crippen LogP contribution in [0.25, 0.3) is 6.08 Å². The number of aryl methyl sites for hydroxylation is 4. The zero-order valence-electron chi connectivity index (χ0n) is 22.1. The predicted octanol–water partition coefficient (Wildman–Crippen LogP) is 6.74. The van der Waals surface area contributed by atoms with Gasteiger partial charge < -0.3 is 14.8 Å². The van der Waals surface area contributed by atoms with Crippen LogP contribution in [0, 0.1) is 27.7 Å². The van der Waals surface area contributed by atoms with E-state index in [-0.39, 0.29) is 18.4 Å². The van der Waals surface area contributed by atoms with Gasteiger partial charge in [-0.15, -0.1) is 0 Å². The van der Waals surface area contributed by atoms with Crippen LogP contribution in [0.3, 0.4) is 0 Å². The molecule has 196 valence electrons. The van der Waals surface area contributed by atoms with E-state index in [0.29, 0.717) is 27.3 Å². The van der Waals surface area contributed by atoms with Gasteiger partial charge in [-0.25, -0.2) is 0 Å². The number of anilines is 2. The molecule has 0 radical (unpaired) electrons. The first kappa shape index (κ1) is 27.4. The van der Waals surface area contributed by atoms with Crippen LogP contribution in [0.4, 0.5) is 11.4 Å². The van der Waals surface area contributed by atoms with Crippen molar-refractivity contribution in [3.05, 3.63) is 87.3 Å². The Morgan fingerprint density at radius 3 is 2.37 bits per heavy atom. The van der Waals surface area contributed by atoms with Gasteiger partial charge in [0.2, 0.25) is 0 Å². The molecule has 0 saturated carbocycles. The fraction of sp³-hybridized carbons (Fsp3) is 0.233. The summed E-state index contributed by atoms with van der Waals surface area (Å²) in [4.78, 5) is 27.8. The van der Waals surface area contributed by atoms with Crippen molar-refractivity contribution in [3.8, 4) is 11.5 Å². The van der Waals surface area contributed by atoms with Gasteiger partial charge in [0.1, 0.15) is 0 Å². The summed E-state index contributed by atoms with van der Waals surface area (Å²) < 4.78 is 12.0. The zero-order chi connectivity index (χ0) is 27.4. The number of nitrogens with one attached hydrogen (secondary N) is 1. The Morgan fingerprint density at radius 1 is 0.947 bits per heavy atom. The second kappa shape index (κ2) is 11.8. The minimum Gasteiger partial charge on any atom is -0.490 e. The maximum absolute atomic E-state index is 13.2. The molecule has 38 heavy (non-hydrogen) atoms. The summed E-state index contributed by atoms with van der Waals surface area (Å²) in [5, 5.41) is 2.87. The van der Waals surface area contributed by atoms with Crippen LogP contribution in [0.2, 0.25) is 0 Å². The predicted molar refractivity (Wildman–Crippen MR) is 159 cm³/mol. The standard InChI is InChI=1S/C30H30N2O4S2/c1-6-35-26-15-22(8-10-25(26)36-17-28(33)31-23-12-18(2)11-19(3)13-23)16-27-29(34)32(30(37)38-27)24-9-7-20(4)21(5)14-24/h7-16H,6,17H2,1-5H3,(H,31,33)/b27-16-. The molecule has 4 rings (SSSR count). The summed E-state index contributed by atoms with van der Waals surface area (Å²) in [6.07, 6.45) is 1.79. The smallest absolute Gasteiger partial charge is 0.270 e. The highest BCUT2D eigenvalue weighted by molar-refractivity contribution is 8.27. The van der Waals surface area contributed by atoms with E-state index in [1.807, 2.05) is 77.1 Å². The van der Waals surface area contributed by atoms with Crippen LogP contribution < -0.4 is 19.7 Å². The third kappa shape index (κ3) is 6.44. The number of rotatable bonds is 8. The lowest BCUT2D eigenvalue weighted by Gasteiger charge is -2.16. The maximum Gasteiger partial charge on any atom is 0.270 e. The van der Waals surface area contributed by atoms with Crippen molar-refractivity contribution in [3.63, 3.8) is 0 Å². The first-order chi connectivity index (χ1) is 18.1. The number of thiocarbonyl (C=S) groups is 1. The fourth-order valence-electron chi connectivity index (χ4n) is 4.10. The first-order valence-corrected chi connectivity index (χ1v) is 13.5. The Morgan fingerprint density at radius 2 is 1.68 bits per heavy atom. The van der Waals surface area contributed by atoms with E-state index in [0.717, 1.165) is 39.2 Å². The number of carbonyl (C=O) groups excluding carboxylic acids is 2. The molecule has 0 atom stereocenters. The monoisotopic (exact) mass is 546 g/mol. The third-order valence-corrected chi connectivity index (χ3v) is 7.27. The number of thioether (sulfide) groups is 1. The van der Waals surface area contributed by atoms with Crippen molar-refractivity contribution in [2.24, 2.45) is 0 Å². The number of amides is 2. The van der Waals surface area contributed by atoms with Crippen LogP contribution in [-0.2, 0) is 9.59 Å². The van der Waals surface area contributed by atoms with Crippen molar-refractivity contribution in [1.82, 2.24) is 0 Å². The Kier molecular flexibility index (Phi) is 8.54. The fourth-order valence-corrected chi connectivity index (χ4v) is 5.39. The average molecular weight is 547 g/mol. The molecule has 1 aliphatic heterocycles.